The number of aromatic nitrogens is 11. The quantitative estimate of drug-likeness (QED) is 0.152. The molecule has 0 unspecified atom stereocenters. The molecule has 0 aliphatic carbocycles. The van der Waals surface area contributed by atoms with Gasteiger partial charge in [0.05, 0.1) is 99.7 Å². The van der Waals surface area contributed by atoms with Gasteiger partial charge in [-0.1, -0.05) is 249 Å². The summed E-state index contributed by atoms with van der Waals surface area (Å²) in [5.41, 5.74) is 24.6. The van der Waals surface area contributed by atoms with E-state index in [1.54, 1.807) is 6.20 Å². The first-order valence-electron chi connectivity index (χ1n) is 45.2. The van der Waals surface area contributed by atoms with Crippen molar-refractivity contribution >= 4 is 196 Å². The van der Waals surface area contributed by atoms with Gasteiger partial charge in [0.15, 0.2) is 0 Å². The largest absolute Gasteiger partial charge is 0.316 e. The fourth-order valence-corrected chi connectivity index (χ4v) is 22.0. The molecule has 28 aromatic rings. The number of hydrogen-bond acceptors (Lipinski definition) is 5. The molecule has 12 nitrogen and oxygen atoms in total. The first kappa shape index (κ1) is 76.7. The highest BCUT2D eigenvalue weighted by atomic mass is 32.1. The van der Waals surface area contributed by atoms with Crippen molar-refractivity contribution in [3.05, 3.63) is 468 Å². The van der Waals surface area contributed by atoms with Crippen LogP contribution in [0.3, 0.4) is 0 Å². The van der Waals surface area contributed by atoms with Crippen LogP contribution in [0.2, 0.25) is 0 Å². The SMILES string of the molecule is C1=C(c2cccnc2)N=C(n2c3ccccc3c3c4c(ccc32)ccn4-c2ccccc2)CC1.c1ccc(-n2ccc3ccc4c(c5ccccc5n4-c4ccc5ccccc5n4)c32)cc1.c1ccc(-n2ccc3ccc4c(c5ccccc5n4-c4cccc5c4sc4ccccc45)c32)cc1.c1ccc(-n2ccc3ccc4c(c5ccccc5n4-c4cncc5ccccc45)c32)cc1. The van der Waals surface area contributed by atoms with Crippen LogP contribution in [-0.4, -0.2) is 57.3 Å². The molecule has 0 saturated carbocycles. The highest BCUT2D eigenvalue weighted by Crippen LogP contribution is 2.47. The van der Waals surface area contributed by atoms with Crippen molar-refractivity contribution in [2.24, 2.45) is 4.99 Å². The Morgan fingerprint density at radius 1 is 0.256 bits per heavy atom. The van der Waals surface area contributed by atoms with Crippen molar-refractivity contribution < 1.29 is 0 Å². The highest BCUT2D eigenvalue weighted by Gasteiger charge is 2.26. The molecule has 12 aromatic heterocycles. The first-order valence-corrected chi connectivity index (χ1v) is 46.0. The number of hydrogen-bond donors (Lipinski definition) is 0. The monoisotopic (exact) mass is 1720 g/mol. The van der Waals surface area contributed by atoms with E-state index in [-0.39, 0.29) is 0 Å². The summed E-state index contributed by atoms with van der Waals surface area (Å²) < 4.78 is 21.4. The number of pyridine rings is 3. The Morgan fingerprint density at radius 2 is 0.662 bits per heavy atom. The zero-order chi connectivity index (χ0) is 87.6. The van der Waals surface area contributed by atoms with E-state index in [4.69, 9.17) is 9.98 Å². The van der Waals surface area contributed by atoms with Gasteiger partial charge in [-0.3, -0.25) is 19.1 Å². The van der Waals surface area contributed by atoms with Gasteiger partial charge in [0.2, 0.25) is 0 Å². The second-order valence-electron chi connectivity index (χ2n) is 34.0. The molecule has 0 N–H and O–H groups in total. The van der Waals surface area contributed by atoms with Gasteiger partial charge in [0, 0.05) is 174 Å². The van der Waals surface area contributed by atoms with Crippen LogP contribution in [0.25, 0.3) is 218 Å². The van der Waals surface area contributed by atoms with E-state index in [2.05, 4.69) is 472 Å². The molecule has 29 rings (SSSR count). The minimum absolute atomic E-state index is 0.898. The second-order valence-corrected chi connectivity index (χ2v) is 35.0. The predicted octanol–water partition coefficient (Wildman–Crippen LogP) is 30.9. The molecular weight excluding hydrogens is 1640 g/mol. The summed E-state index contributed by atoms with van der Waals surface area (Å²) in [6.07, 6.45) is 20.4. The summed E-state index contributed by atoms with van der Waals surface area (Å²) in [4.78, 5) is 19.0. The van der Waals surface area contributed by atoms with Gasteiger partial charge in [-0.25, -0.2) is 9.98 Å². The van der Waals surface area contributed by atoms with Gasteiger partial charge >= 0.3 is 0 Å². The zero-order valence-electron chi connectivity index (χ0n) is 72.1. The van der Waals surface area contributed by atoms with Crippen LogP contribution in [0.15, 0.2) is 467 Å². The lowest BCUT2D eigenvalue weighted by atomic mass is 10.1. The second kappa shape index (κ2) is 31.8. The molecule has 13 heterocycles. The van der Waals surface area contributed by atoms with E-state index in [1.165, 1.54) is 174 Å². The maximum atomic E-state index is 5.14. The number of fused-ring (bicyclic) bond motifs is 25. The third-order valence-electron chi connectivity index (χ3n) is 26.6. The molecule has 1 aliphatic rings. The lowest BCUT2D eigenvalue weighted by Gasteiger charge is -2.16. The van der Waals surface area contributed by atoms with Crippen molar-refractivity contribution in [1.82, 2.24) is 51.5 Å². The molecule has 0 bridgehead atoms. The Labute approximate surface area is 767 Å². The highest BCUT2D eigenvalue weighted by molar-refractivity contribution is 7.26. The van der Waals surface area contributed by atoms with Crippen LogP contribution in [0.1, 0.15) is 18.4 Å². The number of para-hydroxylation sites is 9. The molecule has 626 valence electrons. The number of aliphatic imine (C=N–C) groups is 1. The Morgan fingerprint density at radius 3 is 1.17 bits per heavy atom. The van der Waals surface area contributed by atoms with Crippen LogP contribution in [0.5, 0.6) is 0 Å². The lowest BCUT2D eigenvalue weighted by Crippen LogP contribution is -2.14. The van der Waals surface area contributed by atoms with Gasteiger partial charge in [-0.05, 0) is 170 Å². The summed E-state index contributed by atoms with van der Waals surface area (Å²) in [7, 11) is 0. The Hall–Kier alpha value is -17.5. The average Bonchev–Trinajstić information content (AvgIpc) is 1.56. The smallest absolute Gasteiger partial charge is 0.138 e. The molecule has 0 radical (unpaired) electrons. The van der Waals surface area contributed by atoms with E-state index in [0.29, 0.717) is 0 Å². The van der Waals surface area contributed by atoms with Gasteiger partial charge in [-0.2, -0.15) is 0 Å². The van der Waals surface area contributed by atoms with Crippen molar-refractivity contribution in [1.29, 1.82) is 0 Å². The van der Waals surface area contributed by atoms with Crippen LogP contribution in [-0.2, 0) is 0 Å². The molecular formula is C120H80N12S. The Bertz CT molecular complexity index is 9520. The number of allylic oxidation sites excluding steroid dienone is 1. The summed E-state index contributed by atoms with van der Waals surface area (Å²) in [5, 5.41) is 21.2. The topological polar surface area (TPSA) is 90.5 Å². The molecule has 0 saturated heterocycles. The lowest BCUT2D eigenvalue weighted by molar-refractivity contribution is 1.01. The number of thiophene rings is 1. The van der Waals surface area contributed by atoms with E-state index in [1.807, 2.05) is 42.1 Å². The maximum Gasteiger partial charge on any atom is 0.138 e. The van der Waals surface area contributed by atoms with Crippen molar-refractivity contribution in [2.75, 3.05) is 0 Å². The standard InChI is InChI=1S/C32H20N2S.C30H22N4.2C29H19N3/c1-2-9-22(10-3-1)33-20-19-21-17-18-27-30(31(21)33)25-12-4-6-14-26(25)34(27)28-15-8-13-24-23-11-5-7-16-29(23)35-32(24)28;1-2-9-23(10-3-1)33-19-17-21-15-16-27-29(30(21)33)24-11-4-5-13-26(24)34(27)28-14-6-12-25(32-28)22-8-7-18-31-20-22;1-2-9-22(10-3-1)31-19-18-21-14-16-26-28(29(21)31)23-11-5-7-13-25(23)32(26)27-17-15-20-8-4-6-12-24(20)30-27;1-2-9-22(10-3-1)31-17-16-20-14-15-26-28(29(20)31)24-12-6-7-13-25(24)32(26)27-19-30-18-21-8-4-5-11-23(21)27/h1-20H;1-5,7-13,15-20H,6,14H2;2*1-19H. The van der Waals surface area contributed by atoms with Crippen molar-refractivity contribution in [3.8, 4) is 39.9 Å². The summed E-state index contributed by atoms with van der Waals surface area (Å²) in [6, 6.07) is 144. The first-order chi connectivity index (χ1) is 66.0. The molecule has 133 heavy (non-hydrogen) atoms. The predicted molar refractivity (Wildman–Crippen MR) is 557 cm³/mol. The van der Waals surface area contributed by atoms with E-state index < -0.39 is 0 Å². The normalized spacial score (nSPS) is 12.4. The van der Waals surface area contributed by atoms with Crippen molar-refractivity contribution in [2.45, 2.75) is 12.8 Å². The summed E-state index contributed by atoms with van der Waals surface area (Å²) in [6.45, 7) is 0. The van der Waals surface area contributed by atoms with Crippen LogP contribution in [0, 0.1) is 0 Å². The zero-order valence-corrected chi connectivity index (χ0v) is 72.9. The Kier molecular flexibility index (Phi) is 18.3. The number of rotatable bonds is 8. The van der Waals surface area contributed by atoms with Crippen LogP contribution >= 0.6 is 11.3 Å². The van der Waals surface area contributed by atoms with Crippen LogP contribution < -0.4 is 0 Å². The average molecular weight is 1720 g/mol. The molecule has 0 atom stereocenters. The fourth-order valence-electron chi connectivity index (χ4n) is 20.8. The molecule has 0 spiro atoms. The van der Waals surface area contributed by atoms with Gasteiger partial charge in [0.1, 0.15) is 11.7 Å². The van der Waals surface area contributed by atoms with Gasteiger partial charge in [-0.15, -0.1) is 11.3 Å². The number of benzene rings is 16. The Balaban J connectivity index is 0.0000000928. The molecule has 1 aliphatic heterocycles. The third kappa shape index (κ3) is 12.6. The van der Waals surface area contributed by atoms with E-state index in [9.17, 15) is 0 Å². The fraction of sp³-hybridized carbons (Fsp3) is 0.0167. The molecule has 0 amide bonds. The minimum atomic E-state index is 0.898. The molecule has 16 aromatic carbocycles. The minimum Gasteiger partial charge on any atom is -0.316 e. The molecule has 0 fully saturated rings. The summed E-state index contributed by atoms with van der Waals surface area (Å²) in [5.74, 6) is 2.01. The van der Waals surface area contributed by atoms with Gasteiger partial charge < -0.3 is 27.4 Å². The van der Waals surface area contributed by atoms with Gasteiger partial charge in [0.25, 0.3) is 0 Å². The number of nitrogens with zero attached hydrogens (tertiary/aromatic N) is 12. The van der Waals surface area contributed by atoms with Crippen LogP contribution in [0.4, 0.5) is 0 Å². The molecule has 13 heteroatoms. The van der Waals surface area contributed by atoms with E-state index in [0.717, 1.165) is 68.9 Å². The third-order valence-corrected chi connectivity index (χ3v) is 27.8. The maximum absolute atomic E-state index is 5.14. The van der Waals surface area contributed by atoms with Crippen molar-refractivity contribution in [3.63, 3.8) is 0 Å². The van der Waals surface area contributed by atoms with E-state index >= 15 is 0 Å². The summed E-state index contributed by atoms with van der Waals surface area (Å²) >= 11 is 1.88.